The first-order valence-electron chi connectivity index (χ1n) is 9.17. The molecule has 0 aromatic heterocycles. The number of nitrogens with one attached hydrogen (secondary N) is 1. The molecular formula is C22H21ClN2O5. The lowest BCUT2D eigenvalue weighted by molar-refractivity contribution is -0.135. The van der Waals surface area contributed by atoms with Gasteiger partial charge < -0.3 is 18.9 Å². The monoisotopic (exact) mass is 428 g/mol. The number of ether oxygens (including phenoxy) is 4. The largest absolute Gasteiger partial charge is 0.490 e. The summed E-state index contributed by atoms with van der Waals surface area (Å²) in [4.78, 5) is 12.3. The first kappa shape index (κ1) is 21.4. The first-order valence-corrected chi connectivity index (χ1v) is 9.55. The molecular weight excluding hydrogens is 408 g/mol. The Morgan fingerprint density at radius 3 is 2.67 bits per heavy atom. The molecule has 30 heavy (non-hydrogen) atoms. The van der Waals surface area contributed by atoms with Crippen molar-refractivity contribution in [3.63, 3.8) is 0 Å². The van der Waals surface area contributed by atoms with Crippen molar-refractivity contribution in [3.8, 4) is 11.5 Å². The summed E-state index contributed by atoms with van der Waals surface area (Å²) < 4.78 is 21.8. The van der Waals surface area contributed by atoms with Crippen molar-refractivity contribution in [3.05, 3.63) is 76.5 Å². The smallest absolute Gasteiger partial charge is 0.338 e. The molecule has 1 unspecified atom stereocenters. The number of methoxy groups -OCH3 is 1. The van der Waals surface area contributed by atoms with Gasteiger partial charge in [-0.3, -0.25) is 0 Å². The molecule has 0 amide bonds. The van der Waals surface area contributed by atoms with Crippen LogP contribution in [0, 0.1) is 5.53 Å². The van der Waals surface area contributed by atoms with Crippen LogP contribution >= 0.6 is 11.6 Å². The molecule has 0 radical (unpaired) electrons. The van der Waals surface area contributed by atoms with Crippen molar-refractivity contribution < 1.29 is 23.7 Å². The molecule has 1 aliphatic rings. The van der Waals surface area contributed by atoms with E-state index in [0.29, 0.717) is 52.0 Å². The molecule has 2 aromatic rings. The van der Waals surface area contributed by atoms with E-state index in [-0.39, 0.29) is 0 Å². The topological polar surface area (TPSA) is 90.2 Å². The fourth-order valence-corrected chi connectivity index (χ4v) is 3.20. The minimum absolute atomic E-state index is 0.291. The number of hydrogen-bond donors (Lipinski definition) is 1. The number of esters is 1. The van der Waals surface area contributed by atoms with Gasteiger partial charge in [0.15, 0.2) is 0 Å². The van der Waals surface area contributed by atoms with Crippen LogP contribution in [0.3, 0.4) is 0 Å². The predicted octanol–water partition coefficient (Wildman–Crippen LogP) is 5.02. The molecule has 0 fully saturated rings. The highest BCUT2D eigenvalue weighted by Gasteiger charge is 2.30. The fraction of sp³-hybridized carbons (Fsp3) is 0.227. The third-order valence-electron chi connectivity index (χ3n) is 4.38. The van der Waals surface area contributed by atoms with Crippen molar-refractivity contribution in [2.75, 3.05) is 20.3 Å². The standard InChI is InChI=1S/C22H21ClN2O5/c1-14-13-30-21(25-24)20(19(14)22(26)27-2)15-6-5-7-16(12-15)28-10-11-29-18-9-4-3-8-17(18)23/h3-9,12-13,21,24H,10-11H2,1-2H3. The second-order valence-electron chi connectivity index (χ2n) is 6.35. The molecule has 0 bridgehead atoms. The summed E-state index contributed by atoms with van der Waals surface area (Å²) in [6, 6.07) is 14.3. The molecule has 0 saturated heterocycles. The molecule has 1 atom stereocenters. The van der Waals surface area contributed by atoms with Crippen LogP contribution in [0.5, 0.6) is 11.5 Å². The molecule has 0 spiro atoms. The molecule has 3 rings (SSSR count). The third kappa shape index (κ3) is 4.80. The lowest BCUT2D eigenvalue weighted by atomic mass is 9.93. The lowest BCUT2D eigenvalue weighted by Gasteiger charge is -2.24. The summed E-state index contributed by atoms with van der Waals surface area (Å²) in [7, 11) is 1.31. The highest BCUT2D eigenvalue weighted by atomic mass is 35.5. The zero-order chi connectivity index (χ0) is 21.5. The van der Waals surface area contributed by atoms with E-state index in [9.17, 15) is 4.79 Å². The normalized spacial score (nSPS) is 15.7. The first-order chi connectivity index (χ1) is 14.5. The molecule has 2 aromatic carbocycles. The Morgan fingerprint density at radius 2 is 1.93 bits per heavy atom. The Kier molecular flexibility index (Phi) is 7.08. The van der Waals surface area contributed by atoms with E-state index in [2.05, 4.69) is 5.11 Å². The van der Waals surface area contributed by atoms with Gasteiger partial charge in [-0.1, -0.05) is 35.9 Å². The number of halogens is 1. The molecule has 0 saturated carbocycles. The zero-order valence-electron chi connectivity index (χ0n) is 16.6. The van der Waals surface area contributed by atoms with Crippen LogP contribution in [0.1, 0.15) is 12.5 Å². The van der Waals surface area contributed by atoms with E-state index in [1.165, 1.54) is 13.4 Å². The van der Waals surface area contributed by atoms with Gasteiger partial charge in [-0.05, 0) is 42.3 Å². The van der Waals surface area contributed by atoms with Crippen molar-refractivity contribution in [2.45, 2.75) is 13.2 Å². The zero-order valence-corrected chi connectivity index (χ0v) is 17.3. The van der Waals surface area contributed by atoms with Crippen LogP contribution in [-0.2, 0) is 14.3 Å². The van der Waals surface area contributed by atoms with Gasteiger partial charge in [-0.25, -0.2) is 10.3 Å². The van der Waals surface area contributed by atoms with Crippen LogP contribution in [0.4, 0.5) is 0 Å². The number of carbonyl (C=O) groups excluding carboxylic acids is 1. The van der Waals surface area contributed by atoms with Gasteiger partial charge >= 0.3 is 5.97 Å². The van der Waals surface area contributed by atoms with Gasteiger partial charge in [0.1, 0.15) is 24.7 Å². The average Bonchev–Trinajstić information content (AvgIpc) is 2.77. The van der Waals surface area contributed by atoms with Crippen LogP contribution in [0.2, 0.25) is 5.02 Å². The number of nitrogens with zero attached hydrogens (tertiary/aromatic N) is 1. The highest BCUT2D eigenvalue weighted by molar-refractivity contribution is 6.32. The second kappa shape index (κ2) is 9.93. The molecule has 7 nitrogen and oxygen atoms in total. The summed E-state index contributed by atoms with van der Waals surface area (Å²) in [5, 5.41) is 4.03. The van der Waals surface area contributed by atoms with Crippen LogP contribution in [0.25, 0.3) is 5.57 Å². The van der Waals surface area contributed by atoms with Gasteiger partial charge in [-0.15, -0.1) is 5.11 Å². The number of rotatable bonds is 8. The van der Waals surface area contributed by atoms with E-state index in [4.69, 9.17) is 36.1 Å². The third-order valence-corrected chi connectivity index (χ3v) is 4.69. The van der Waals surface area contributed by atoms with Crippen molar-refractivity contribution in [1.82, 2.24) is 0 Å². The Labute approximate surface area is 179 Å². The molecule has 1 aliphatic heterocycles. The summed E-state index contributed by atoms with van der Waals surface area (Å²) in [6.07, 6.45) is 0.465. The Hall–Kier alpha value is -3.32. The number of carbonyl (C=O) groups is 1. The minimum atomic E-state index is -0.943. The van der Waals surface area contributed by atoms with E-state index in [1.54, 1.807) is 43.3 Å². The number of hydrogen-bond acceptors (Lipinski definition) is 7. The van der Waals surface area contributed by atoms with Crippen molar-refractivity contribution in [2.24, 2.45) is 5.11 Å². The highest BCUT2D eigenvalue weighted by Crippen LogP contribution is 2.35. The maximum Gasteiger partial charge on any atom is 0.338 e. The van der Waals surface area contributed by atoms with Gasteiger partial charge in [0.25, 0.3) is 0 Å². The van der Waals surface area contributed by atoms with E-state index in [0.717, 1.165) is 0 Å². The Morgan fingerprint density at radius 1 is 1.17 bits per heavy atom. The maximum absolute atomic E-state index is 12.3. The van der Waals surface area contributed by atoms with Gasteiger partial charge in [0.05, 0.1) is 24.0 Å². The molecule has 1 N–H and O–H groups in total. The Bertz CT molecular complexity index is 1000. The number of para-hydroxylation sites is 1. The molecule has 156 valence electrons. The van der Waals surface area contributed by atoms with Crippen LogP contribution < -0.4 is 9.47 Å². The average molecular weight is 429 g/mol. The van der Waals surface area contributed by atoms with E-state index >= 15 is 0 Å². The van der Waals surface area contributed by atoms with Gasteiger partial charge in [-0.2, -0.15) is 0 Å². The van der Waals surface area contributed by atoms with Gasteiger partial charge in [0, 0.05) is 5.57 Å². The summed E-state index contributed by atoms with van der Waals surface area (Å²) in [6.45, 7) is 2.33. The van der Waals surface area contributed by atoms with Crippen LogP contribution in [0.15, 0.2) is 71.1 Å². The second-order valence-corrected chi connectivity index (χ2v) is 6.76. The van der Waals surface area contributed by atoms with Crippen molar-refractivity contribution >= 4 is 23.1 Å². The number of benzene rings is 2. The fourth-order valence-electron chi connectivity index (χ4n) is 3.01. The summed E-state index contributed by atoms with van der Waals surface area (Å²) in [5.41, 5.74) is 9.46. The van der Waals surface area contributed by atoms with Crippen LogP contribution in [-0.4, -0.2) is 32.5 Å². The minimum Gasteiger partial charge on any atom is -0.490 e. The van der Waals surface area contributed by atoms with Gasteiger partial charge in [0.2, 0.25) is 6.23 Å². The quantitative estimate of drug-likeness (QED) is 0.362. The predicted molar refractivity (Wildman–Crippen MR) is 112 cm³/mol. The summed E-state index contributed by atoms with van der Waals surface area (Å²) in [5.74, 6) is 0.643. The summed E-state index contributed by atoms with van der Waals surface area (Å²) >= 11 is 6.07. The molecule has 8 heteroatoms. The molecule has 1 heterocycles. The SMILES string of the molecule is COC(=O)C1=C(c2cccc(OCCOc3ccccc3Cl)c2)C(N=N)OC=C1C. The van der Waals surface area contributed by atoms with E-state index < -0.39 is 12.2 Å². The molecule has 0 aliphatic carbocycles. The lowest BCUT2D eigenvalue weighted by Crippen LogP contribution is -2.21. The Balaban J connectivity index is 1.77. The van der Waals surface area contributed by atoms with E-state index in [1.807, 2.05) is 12.1 Å². The maximum atomic E-state index is 12.3. The van der Waals surface area contributed by atoms with Crippen molar-refractivity contribution in [1.29, 1.82) is 5.53 Å².